The number of amides is 1. The normalized spacial score (nSPS) is 22.8. The Morgan fingerprint density at radius 3 is 2.49 bits per heavy atom. The molecule has 2 aromatic heterocycles. The minimum Gasteiger partial charge on any atom is -0.427 e. The van der Waals surface area contributed by atoms with Crippen molar-refractivity contribution in [2.24, 2.45) is 17.3 Å². The van der Waals surface area contributed by atoms with Crippen LogP contribution in [0.5, 0.6) is 0 Å². The second-order valence-electron chi connectivity index (χ2n) is 10.1. The summed E-state index contributed by atoms with van der Waals surface area (Å²) in [6, 6.07) is -0.413. The maximum Gasteiger partial charge on any atom is 0.358 e. The molecule has 1 fully saturated rings. The van der Waals surface area contributed by atoms with E-state index in [0.29, 0.717) is 16.1 Å². The van der Waals surface area contributed by atoms with Gasteiger partial charge in [-0.1, -0.05) is 6.92 Å². The van der Waals surface area contributed by atoms with E-state index in [0.717, 1.165) is 10.6 Å². The molecule has 11 heteroatoms. The molecule has 1 saturated heterocycles. The van der Waals surface area contributed by atoms with E-state index in [9.17, 15) is 24.3 Å². The Kier molecular flexibility index (Phi) is 6.13. The number of Topliss-reactive ketones (excluding diaryl/α,β-unsaturated/α-hetero) is 1. The van der Waals surface area contributed by atoms with Gasteiger partial charge < -0.3 is 19.5 Å². The van der Waals surface area contributed by atoms with Crippen molar-refractivity contribution in [1.82, 2.24) is 14.3 Å². The quantitative estimate of drug-likeness (QED) is 0.276. The molecule has 1 N–H and O–H groups in total. The monoisotopic (exact) mass is 503 g/mol. The summed E-state index contributed by atoms with van der Waals surface area (Å²) in [5, 5.41) is 10.2. The third-order valence-electron chi connectivity index (χ3n) is 6.55. The molecule has 35 heavy (non-hydrogen) atoms. The van der Waals surface area contributed by atoms with E-state index in [-0.39, 0.29) is 23.3 Å². The van der Waals surface area contributed by atoms with Crippen molar-refractivity contribution < 1.29 is 33.8 Å². The Hall–Kier alpha value is -3.05. The number of carbonyl (C=O) groups excluding carboxylic acids is 4. The van der Waals surface area contributed by atoms with Crippen LogP contribution in [0.3, 0.4) is 0 Å². The number of aliphatic hydroxyl groups excluding tert-OH is 1. The number of β-lactam (4-membered cyclic amide) rings is 1. The highest BCUT2D eigenvalue weighted by Crippen LogP contribution is 2.52. The highest BCUT2D eigenvalue weighted by molar-refractivity contribution is 7.19. The molecular formula is C24H29N3O7S. The number of carbonyl (C=O) groups is 4. The van der Waals surface area contributed by atoms with Gasteiger partial charge in [0.1, 0.15) is 22.5 Å². The maximum absolute atomic E-state index is 13.3. The molecule has 0 bridgehead atoms. The maximum atomic E-state index is 13.3. The predicted molar refractivity (Wildman–Crippen MR) is 126 cm³/mol. The average molecular weight is 504 g/mol. The number of hydrogen-bond donors (Lipinski definition) is 1. The van der Waals surface area contributed by atoms with Crippen LogP contribution in [0.4, 0.5) is 0 Å². The van der Waals surface area contributed by atoms with Crippen molar-refractivity contribution >= 4 is 45.4 Å². The first-order chi connectivity index (χ1) is 16.3. The molecule has 0 radical (unpaired) electrons. The number of aryl methyl sites for hydroxylation is 1. The third-order valence-corrected chi connectivity index (χ3v) is 7.85. The van der Waals surface area contributed by atoms with Gasteiger partial charge in [-0.05, 0) is 34.6 Å². The molecular weight excluding hydrogens is 474 g/mol. The highest BCUT2D eigenvalue weighted by Gasteiger charge is 2.60. The van der Waals surface area contributed by atoms with Crippen molar-refractivity contribution in [3.05, 3.63) is 28.3 Å². The second-order valence-corrected chi connectivity index (χ2v) is 11.1. The molecule has 4 heterocycles. The van der Waals surface area contributed by atoms with E-state index in [1.165, 1.54) is 23.2 Å². The molecule has 10 nitrogen and oxygen atoms in total. The number of aromatic nitrogens is 2. The van der Waals surface area contributed by atoms with Crippen LogP contribution in [-0.2, 0) is 23.9 Å². The first kappa shape index (κ1) is 25.1. The topological polar surface area (TPSA) is 128 Å². The van der Waals surface area contributed by atoms with E-state index < -0.39 is 42.2 Å². The second kappa shape index (κ2) is 8.56. The van der Waals surface area contributed by atoms with Crippen molar-refractivity contribution in [2.45, 2.75) is 60.6 Å². The number of imidazole rings is 1. The van der Waals surface area contributed by atoms with Crippen molar-refractivity contribution in [1.29, 1.82) is 0 Å². The summed E-state index contributed by atoms with van der Waals surface area (Å²) in [7, 11) is 0. The largest absolute Gasteiger partial charge is 0.427 e. The van der Waals surface area contributed by atoms with E-state index >= 15 is 0 Å². The van der Waals surface area contributed by atoms with Crippen LogP contribution in [0.25, 0.3) is 10.4 Å². The fourth-order valence-corrected chi connectivity index (χ4v) is 6.13. The summed E-state index contributed by atoms with van der Waals surface area (Å²) in [5.74, 6) is -2.80. The van der Waals surface area contributed by atoms with Crippen LogP contribution in [-0.4, -0.2) is 62.0 Å². The molecule has 0 aliphatic carbocycles. The standard InChI is InChI=1S/C24H29N3O7S/c1-10-14(19-11(2)26-8-25-16(13(4)29)21(26)35-19)18(27-17(10)15(12(3)28)20(27)30)22(31)33-9-34-23(32)24(5,6)7/h8,10,12,15,17,28H,9H2,1-7H3/t10-,12+,15+,17+/m0/s1. The molecule has 2 aliphatic heterocycles. The lowest BCUT2D eigenvalue weighted by Crippen LogP contribution is -2.63. The molecule has 1 amide bonds. The van der Waals surface area contributed by atoms with Gasteiger partial charge in [0.2, 0.25) is 12.7 Å². The van der Waals surface area contributed by atoms with E-state index in [2.05, 4.69) is 4.98 Å². The fourth-order valence-electron chi connectivity index (χ4n) is 4.72. The number of ketones is 1. The zero-order valence-electron chi connectivity index (χ0n) is 20.7. The molecule has 4 rings (SSSR count). The van der Waals surface area contributed by atoms with Crippen LogP contribution in [0.2, 0.25) is 0 Å². The molecule has 2 aromatic rings. The van der Waals surface area contributed by atoms with E-state index in [1.807, 2.05) is 13.8 Å². The highest BCUT2D eigenvalue weighted by atomic mass is 32.1. The number of aliphatic hydroxyl groups is 1. The van der Waals surface area contributed by atoms with Gasteiger partial charge >= 0.3 is 11.9 Å². The van der Waals surface area contributed by atoms with Crippen molar-refractivity contribution in [3.8, 4) is 0 Å². The SMILES string of the molecule is CC(=O)c1ncn2c(C)c(C3=C(C(=O)OCOC(=O)C(C)(C)C)N4C(=O)[C@H]([C@@H](C)O)[C@H]4[C@H]3C)sc12. The summed E-state index contributed by atoms with van der Waals surface area (Å²) < 4.78 is 12.1. The zero-order chi connectivity index (χ0) is 26.0. The number of thiazole rings is 1. The lowest BCUT2D eigenvalue weighted by atomic mass is 9.77. The Morgan fingerprint density at radius 2 is 1.91 bits per heavy atom. The minimum atomic E-state index is -0.885. The van der Waals surface area contributed by atoms with Gasteiger partial charge in [0.15, 0.2) is 5.78 Å². The smallest absolute Gasteiger partial charge is 0.358 e. The van der Waals surface area contributed by atoms with Crippen LogP contribution in [0, 0.1) is 24.2 Å². The first-order valence-electron chi connectivity index (χ1n) is 11.3. The number of fused-ring (bicyclic) bond motifs is 2. The third kappa shape index (κ3) is 3.86. The lowest BCUT2D eigenvalue weighted by Gasteiger charge is -2.46. The number of hydrogen-bond acceptors (Lipinski definition) is 9. The molecule has 4 atom stereocenters. The van der Waals surface area contributed by atoms with Crippen LogP contribution < -0.4 is 0 Å². The first-order valence-corrected chi connectivity index (χ1v) is 12.2. The molecule has 0 unspecified atom stereocenters. The van der Waals surface area contributed by atoms with E-state index in [1.54, 1.807) is 38.4 Å². The summed E-state index contributed by atoms with van der Waals surface area (Å²) in [4.78, 5) is 57.3. The lowest BCUT2D eigenvalue weighted by molar-refractivity contribution is -0.175. The average Bonchev–Trinajstić information content (AvgIpc) is 3.37. The van der Waals surface area contributed by atoms with E-state index in [4.69, 9.17) is 9.47 Å². The minimum absolute atomic E-state index is 0.0705. The molecule has 0 saturated carbocycles. The Balaban J connectivity index is 1.76. The van der Waals surface area contributed by atoms with Crippen LogP contribution >= 0.6 is 11.3 Å². The van der Waals surface area contributed by atoms with Gasteiger partial charge in [-0.25, -0.2) is 9.78 Å². The number of nitrogens with zero attached hydrogens (tertiary/aromatic N) is 3. The number of esters is 2. The zero-order valence-corrected chi connectivity index (χ0v) is 21.6. The van der Waals surface area contributed by atoms with Crippen LogP contribution in [0.15, 0.2) is 12.0 Å². The molecule has 2 aliphatic rings. The molecule has 0 spiro atoms. The van der Waals surface area contributed by atoms with Crippen molar-refractivity contribution in [3.63, 3.8) is 0 Å². The Labute approximate surface area is 206 Å². The summed E-state index contributed by atoms with van der Waals surface area (Å²) >= 11 is 1.31. The molecule has 188 valence electrons. The van der Waals surface area contributed by atoms with Gasteiger partial charge in [0, 0.05) is 24.1 Å². The van der Waals surface area contributed by atoms with Crippen molar-refractivity contribution in [2.75, 3.05) is 6.79 Å². The number of rotatable bonds is 6. The Morgan fingerprint density at radius 1 is 1.26 bits per heavy atom. The van der Waals surface area contributed by atoms with Crippen LogP contribution in [0.1, 0.15) is 62.6 Å². The van der Waals surface area contributed by atoms with Gasteiger partial charge in [0.05, 0.1) is 28.4 Å². The Bertz CT molecular complexity index is 1280. The van der Waals surface area contributed by atoms with Gasteiger partial charge in [0.25, 0.3) is 0 Å². The number of ether oxygens (including phenoxy) is 2. The summed E-state index contributed by atoms with van der Waals surface area (Å²) in [6.45, 7) is 11.2. The van der Waals surface area contributed by atoms with Gasteiger partial charge in [-0.2, -0.15) is 0 Å². The summed E-state index contributed by atoms with van der Waals surface area (Å²) in [5.41, 5.74) is 0.996. The van der Waals surface area contributed by atoms with Gasteiger partial charge in [-0.3, -0.25) is 18.8 Å². The fraction of sp³-hybridized carbons (Fsp3) is 0.542. The predicted octanol–water partition coefficient (Wildman–Crippen LogP) is 2.57. The summed E-state index contributed by atoms with van der Waals surface area (Å²) in [6.07, 6.45) is 0.675. The molecule has 0 aromatic carbocycles. The van der Waals surface area contributed by atoms with Gasteiger partial charge in [-0.15, -0.1) is 11.3 Å².